The minimum atomic E-state index is 1.32. The highest BCUT2D eigenvalue weighted by atomic mass is 127. The summed E-state index contributed by atoms with van der Waals surface area (Å²) in [5.41, 5.74) is 2.64. The van der Waals surface area contributed by atoms with Crippen molar-refractivity contribution in [3.8, 4) is 0 Å². The summed E-state index contributed by atoms with van der Waals surface area (Å²) in [4.78, 5) is 0. The lowest BCUT2D eigenvalue weighted by Crippen LogP contribution is -1.84. The maximum Gasteiger partial charge on any atom is 0.0287 e. The first-order valence-electron chi connectivity index (χ1n) is 5.74. The molecule has 3 aromatic carbocycles. The average molecular weight is 332 g/mol. The van der Waals surface area contributed by atoms with E-state index in [-0.39, 0.29) is 0 Å². The molecule has 0 N–H and O–H groups in total. The molecule has 0 saturated heterocycles. The first-order valence-corrected chi connectivity index (χ1v) is 6.82. The van der Waals surface area contributed by atoms with Gasteiger partial charge in [-0.05, 0) is 64.0 Å². The molecule has 3 rings (SSSR count). The fourth-order valence-electron chi connectivity index (χ4n) is 2.30. The number of hydrogen-bond donors (Lipinski definition) is 0. The first-order chi connectivity index (χ1) is 8.15. The summed E-state index contributed by atoms with van der Waals surface area (Å²) in [6, 6.07) is 15.6. The third kappa shape index (κ3) is 1.82. The van der Waals surface area contributed by atoms with E-state index in [2.05, 4.69) is 78.9 Å². The van der Waals surface area contributed by atoms with Crippen molar-refractivity contribution in [2.45, 2.75) is 13.8 Å². The molecule has 17 heavy (non-hydrogen) atoms. The Morgan fingerprint density at radius 3 is 2.24 bits per heavy atom. The number of fused-ring (bicyclic) bond motifs is 2. The molecule has 3 aromatic rings. The first kappa shape index (κ1) is 11.0. The van der Waals surface area contributed by atoms with Crippen LogP contribution in [0.5, 0.6) is 0 Å². The minimum absolute atomic E-state index is 1.32. The van der Waals surface area contributed by atoms with Crippen LogP contribution in [0.1, 0.15) is 11.1 Å². The lowest BCUT2D eigenvalue weighted by atomic mass is 10.0. The number of halogens is 1. The molecule has 0 amide bonds. The van der Waals surface area contributed by atoms with Crippen LogP contribution in [0, 0.1) is 17.4 Å². The van der Waals surface area contributed by atoms with Crippen molar-refractivity contribution in [3.05, 3.63) is 57.2 Å². The van der Waals surface area contributed by atoms with Crippen molar-refractivity contribution < 1.29 is 0 Å². The topological polar surface area (TPSA) is 0 Å². The predicted octanol–water partition coefficient (Wildman–Crippen LogP) is 5.21. The van der Waals surface area contributed by atoms with E-state index in [1.54, 1.807) is 0 Å². The van der Waals surface area contributed by atoms with E-state index in [0.29, 0.717) is 0 Å². The van der Waals surface area contributed by atoms with Gasteiger partial charge in [0.15, 0.2) is 0 Å². The van der Waals surface area contributed by atoms with Gasteiger partial charge in [0.1, 0.15) is 0 Å². The third-order valence-corrected chi connectivity index (χ3v) is 4.36. The summed E-state index contributed by atoms with van der Waals surface area (Å²) in [6.45, 7) is 4.29. The maximum atomic E-state index is 2.46. The van der Waals surface area contributed by atoms with Crippen molar-refractivity contribution in [2.75, 3.05) is 0 Å². The Balaban J connectivity index is 2.52. The molecule has 0 aliphatic rings. The molecule has 0 nitrogen and oxygen atoms in total. The molecule has 0 heterocycles. The van der Waals surface area contributed by atoms with Gasteiger partial charge in [-0.25, -0.2) is 0 Å². The lowest BCUT2D eigenvalue weighted by molar-refractivity contribution is 1.49. The molecule has 0 radical (unpaired) electrons. The van der Waals surface area contributed by atoms with Gasteiger partial charge in [0, 0.05) is 3.57 Å². The van der Waals surface area contributed by atoms with Crippen LogP contribution in [-0.2, 0) is 0 Å². The molecule has 0 atom stereocenters. The fraction of sp³-hybridized carbons (Fsp3) is 0.125. The van der Waals surface area contributed by atoms with E-state index in [1.807, 2.05) is 0 Å². The Morgan fingerprint density at radius 2 is 1.41 bits per heavy atom. The van der Waals surface area contributed by atoms with E-state index < -0.39 is 0 Å². The van der Waals surface area contributed by atoms with Crippen LogP contribution in [0.2, 0.25) is 0 Å². The van der Waals surface area contributed by atoms with Crippen molar-refractivity contribution >= 4 is 44.1 Å². The standard InChI is InChI=1S/C16H13I/c1-10-4-6-14-13(7-10)9-12-5-3-11(2)8-15(12)16(14)17/h3-9H,1-2H3. The number of aryl methyl sites for hydroxylation is 2. The Kier molecular flexibility index (Phi) is 2.58. The predicted molar refractivity (Wildman–Crippen MR) is 83.6 cm³/mol. The van der Waals surface area contributed by atoms with Gasteiger partial charge in [-0.15, -0.1) is 0 Å². The van der Waals surface area contributed by atoms with Gasteiger partial charge >= 0.3 is 0 Å². The second kappa shape index (κ2) is 3.98. The third-order valence-electron chi connectivity index (χ3n) is 3.20. The molecular formula is C16H13I. The van der Waals surface area contributed by atoms with Gasteiger partial charge < -0.3 is 0 Å². The molecule has 0 aliphatic heterocycles. The SMILES string of the molecule is Cc1ccc2c(I)c3cc(C)ccc3cc2c1. The summed E-state index contributed by atoms with van der Waals surface area (Å²) >= 11 is 2.46. The molecule has 84 valence electrons. The van der Waals surface area contributed by atoms with Crippen LogP contribution in [0.25, 0.3) is 21.5 Å². The fourth-order valence-corrected chi connectivity index (χ4v) is 3.26. The zero-order valence-electron chi connectivity index (χ0n) is 9.92. The Hall–Kier alpha value is -1.09. The van der Waals surface area contributed by atoms with Crippen molar-refractivity contribution in [1.82, 2.24) is 0 Å². The Bertz CT molecular complexity index is 726. The van der Waals surface area contributed by atoms with Gasteiger partial charge in [-0.1, -0.05) is 47.5 Å². The van der Waals surface area contributed by atoms with Crippen LogP contribution in [0.15, 0.2) is 42.5 Å². The van der Waals surface area contributed by atoms with Crippen LogP contribution in [0.4, 0.5) is 0 Å². The highest BCUT2D eigenvalue weighted by Gasteiger charge is 2.05. The van der Waals surface area contributed by atoms with Crippen molar-refractivity contribution in [2.24, 2.45) is 0 Å². The molecule has 0 unspecified atom stereocenters. The highest BCUT2D eigenvalue weighted by molar-refractivity contribution is 14.1. The molecule has 0 aliphatic carbocycles. The number of hydrogen-bond acceptors (Lipinski definition) is 0. The minimum Gasteiger partial charge on any atom is -0.0587 e. The van der Waals surface area contributed by atoms with Crippen molar-refractivity contribution in [3.63, 3.8) is 0 Å². The molecule has 0 spiro atoms. The average Bonchev–Trinajstić information content (AvgIpc) is 2.30. The summed E-state index contributed by atoms with van der Waals surface area (Å²) < 4.78 is 1.36. The molecule has 0 bridgehead atoms. The largest absolute Gasteiger partial charge is 0.0587 e. The van der Waals surface area contributed by atoms with E-state index in [1.165, 1.54) is 36.2 Å². The summed E-state index contributed by atoms with van der Waals surface area (Å²) in [7, 11) is 0. The van der Waals surface area contributed by atoms with Gasteiger partial charge in [-0.3, -0.25) is 0 Å². The van der Waals surface area contributed by atoms with Gasteiger partial charge in [-0.2, -0.15) is 0 Å². The quantitative estimate of drug-likeness (QED) is 0.391. The monoisotopic (exact) mass is 332 g/mol. The second-order valence-electron chi connectivity index (χ2n) is 4.64. The lowest BCUT2D eigenvalue weighted by Gasteiger charge is -2.08. The van der Waals surface area contributed by atoms with E-state index in [4.69, 9.17) is 0 Å². The molecule has 0 saturated carbocycles. The van der Waals surface area contributed by atoms with Crippen LogP contribution < -0.4 is 0 Å². The van der Waals surface area contributed by atoms with Crippen molar-refractivity contribution in [1.29, 1.82) is 0 Å². The van der Waals surface area contributed by atoms with Crippen LogP contribution >= 0.6 is 22.6 Å². The van der Waals surface area contributed by atoms with E-state index >= 15 is 0 Å². The zero-order chi connectivity index (χ0) is 12.0. The Labute approximate surface area is 115 Å². The van der Waals surface area contributed by atoms with Gasteiger partial charge in [0.2, 0.25) is 0 Å². The number of benzene rings is 3. The molecular weight excluding hydrogens is 319 g/mol. The van der Waals surface area contributed by atoms with Gasteiger partial charge in [0.05, 0.1) is 0 Å². The van der Waals surface area contributed by atoms with Gasteiger partial charge in [0.25, 0.3) is 0 Å². The molecule has 0 aromatic heterocycles. The van der Waals surface area contributed by atoms with Crippen LogP contribution in [0.3, 0.4) is 0 Å². The molecule has 1 heteroatoms. The van der Waals surface area contributed by atoms with E-state index in [0.717, 1.165) is 0 Å². The summed E-state index contributed by atoms with van der Waals surface area (Å²) in [6.07, 6.45) is 0. The zero-order valence-corrected chi connectivity index (χ0v) is 12.1. The second-order valence-corrected chi connectivity index (χ2v) is 5.72. The normalized spacial score (nSPS) is 11.2. The maximum absolute atomic E-state index is 2.46. The Morgan fingerprint density at radius 1 is 0.706 bits per heavy atom. The van der Waals surface area contributed by atoms with Crippen LogP contribution in [-0.4, -0.2) is 0 Å². The smallest absolute Gasteiger partial charge is 0.0287 e. The van der Waals surface area contributed by atoms with E-state index in [9.17, 15) is 0 Å². The summed E-state index contributed by atoms with van der Waals surface area (Å²) in [5, 5.41) is 5.39. The number of rotatable bonds is 0. The molecule has 0 fully saturated rings. The highest BCUT2D eigenvalue weighted by Crippen LogP contribution is 2.30. The summed E-state index contributed by atoms with van der Waals surface area (Å²) in [5.74, 6) is 0.